The lowest BCUT2D eigenvalue weighted by atomic mass is 10.2. The molecule has 0 saturated carbocycles. The second-order valence-corrected chi connectivity index (χ2v) is 9.34. The minimum atomic E-state index is -0.595. The molecular weight excluding hydrogens is 438 g/mol. The summed E-state index contributed by atoms with van der Waals surface area (Å²) >= 11 is 1.46. The van der Waals surface area contributed by atoms with Gasteiger partial charge in [-0.05, 0) is 31.9 Å². The summed E-state index contributed by atoms with van der Waals surface area (Å²) in [5.74, 6) is -0.601. The second kappa shape index (κ2) is 9.66. The third-order valence-electron chi connectivity index (χ3n) is 5.88. The molecule has 0 spiro atoms. The SMILES string of the molecule is CCCCCCn1c(O)c(N=NC(=O)Cn2cnc3sc(C)c(C)c3c2=O)c2ccccc21. The van der Waals surface area contributed by atoms with Crippen molar-refractivity contribution in [3.05, 3.63) is 51.4 Å². The van der Waals surface area contributed by atoms with E-state index in [1.165, 1.54) is 22.2 Å². The summed E-state index contributed by atoms with van der Waals surface area (Å²) in [6, 6.07) is 7.53. The van der Waals surface area contributed by atoms with Crippen LogP contribution in [0.1, 0.15) is 43.0 Å². The van der Waals surface area contributed by atoms with Crippen molar-refractivity contribution >= 4 is 44.1 Å². The first-order chi connectivity index (χ1) is 15.9. The highest BCUT2D eigenvalue weighted by Gasteiger charge is 2.17. The smallest absolute Gasteiger partial charge is 0.284 e. The summed E-state index contributed by atoms with van der Waals surface area (Å²) in [7, 11) is 0. The highest BCUT2D eigenvalue weighted by molar-refractivity contribution is 7.18. The maximum Gasteiger partial charge on any atom is 0.284 e. The number of rotatable bonds is 8. The van der Waals surface area contributed by atoms with Crippen LogP contribution < -0.4 is 5.56 Å². The first-order valence-electron chi connectivity index (χ1n) is 11.1. The Bertz CT molecular complexity index is 1410. The minimum Gasteiger partial charge on any atom is -0.493 e. The predicted molar refractivity (Wildman–Crippen MR) is 131 cm³/mol. The molecule has 0 aliphatic rings. The third kappa shape index (κ3) is 4.45. The first kappa shape index (κ1) is 22.8. The fourth-order valence-corrected chi connectivity index (χ4v) is 4.95. The summed E-state index contributed by atoms with van der Waals surface area (Å²) in [4.78, 5) is 31.3. The maximum absolute atomic E-state index is 12.8. The molecule has 0 unspecified atom stereocenters. The maximum atomic E-state index is 12.8. The molecule has 0 fully saturated rings. The monoisotopic (exact) mass is 465 g/mol. The van der Waals surface area contributed by atoms with E-state index in [-0.39, 0.29) is 23.7 Å². The molecule has 8 nitrogen and oxygen atoms in total. The molecule has 0 bridgehead atoms. The molecular formula is C24H27N5O3S. The summed E-state index contributed by atoms with van der Waals surface area (Å²) in [6.07, 6.45) is 5.67. The number of hydrogen-bond donors (Lipinski definition) is 1. The van der Waals surface area contributed by atoms with Gasteiger partial charge in [-0.15, -0.1) is 21.6 Å². The van der Waals surface area contributed by atoms with Crippen molar-refractivity contribution in [2.24, 2.45) is 10.2 Å². The largest absolute Gasteiger partial charge is 0.493 e. The molecule has 0 aliphatic carbocycles. The van der Waals surface area contributed by atoms with Crippen molar-refractivity contribution in [2.45, 2.75) is 59.5 Å². The number of aromatic hydroxyl groups is 1. The average Bonchev–Trinajstić information content (AvgIpc) is 3.24. The minimum absolute atomic E-state index is 0.00567. The highest BCUT2D eigenvalue weighted by atomic mass is 32.1. The first-order valence-corrected chi connectivity index (χ1v) is 11.9. The van der Waals surface area contributed by atoms with Crippen molar-refractivity contribution in [2.75, 3.05) is 0 Å². The van der Waals surface area contributed by atoms with Crippen LogP contribution in [-0.4, -0.2) is 25.1 Å². The van der Waals surface area contributed by atoms with Crippen molar-refractivity contribution < 1.29 is 9.90 Å². The Kier molecular flexibility index (Phi) is 6.69. The summed E-state index contributed by atoms with van der Waals surface area (Å²) in [5, 5.41) is 19.9. The Labute approximate surface area is 195 Å². The van der Waals surface area contributed by atoms with E-state index in [4.69, 9.17) is 0 Å². The van der Waals surface area contributed by atoms with Gasteiger partial charge in [0.05, 0.1) is 17.2 Å². The van der Waals surface area contributed by atoms with Gasteiger partial charge < -0.3 is 9.67 Å². The molecule has 3 heterocycles. The van der Waals surface area contributed by atoms with Gasteiger partial charge in [0.1, 0.15) is 11.4 Å². The molecule has 9 heteroatoms. The second-order valence-electron chi connectivity index (χ2n) is 8.14. The molecule has 0 atom stereocenters. The number of azo groups is 1. The van der Waals surface area contributed by atoms with Gasteiger partial charge in [-0.3, -0.25) is 14.2 Å². The van der Waals surface area contributed by atoms with Gasteiger partial charge in [0.25, 0.3) is 11.5 Å². The van der Waals surface area contributed by atoms with E-state index in [9.17, 15) is 14.7 Å². The zero-order valence-electron chi connectivity index (χ0n) is 19.0. The zero-order valence-corrected chi connectivity index (χ0v) is 19.9. The van der Waals surface area contributed by atoms with Crippen LogP contribution in [0.25, 0.3) is 21.1 Å². The fourth-order valence-electron chi connectivity index (χ4n) is 3.96. The van der Waals surface area contributed by atoms with Crippen LogP contribution in [0.2, 0.25) is 0 Å². The molecule has 0 saturated heterocycles. The predicted octanol–water partition coefficient (Wildman–Crippen LogP) is 5.63. The third-order valence-corrected chi connectivity index (χ3v) is 6.99. The number of aromatic nitrogens is 3. The van der Waals surface area contributed by atoms with E-state index in [0.29, 0.717) is 16.8 Å². The van der Waals surface area contributed by atoms with Crippen LogP contribution in [0, 0.1) is 13.8 Å². The molecule has 3 aromatic heterocycles. The van der Waals surface area contributed by atoms with Gasteiger partial charge in [0.2, 0.25) is 5.88 Å². The number of fused-ring (bicyclic) bond motifs is 2. The molecule has 172 valence electrons. The number of nitrogens with zero attached hydrogens (tertiary/aromatic N) is 5. The van der Waals surface area contributed by atoms with E-state index in [2.05, 4.69) is 22.1 Å². The van der Waals surface area contributed by atoms with Crippen molar-refractivity contribution in [3.63, 3.8) is 0 Å². The number of thiophene rings is 1. The standard InChI is InChI=1S/C24H27N5O3S/c1-4-5-6-9-12-29-18-11-8-7-10-17(18)21(24(29)32)27-26-19(30)13-28-14-25-22-20(23(28)31)15(2)16(3)33-22/h7-8,10-11,14,32H,4-6,9,12-13H2,1-3H3. The van der Waals surface area contributed by atoms with Gasteiger partial charge in [-0.2, -0.15) is 0 Å². The van der Waals surface area contributed by atoms with Crippen LogP contribution in [0.3, 0.4) is 0 Å². The molecule has 33 heavy (non-hydrogen) atoms. The molecule has 1 aromatic carbocycles. The molecule has 1 amide bonds. The molecule has 4 rings (SSSR count). The Morgan fingerprint density at radius 1 is 1.18 bits per heavy atom. The summed E-state index contributed by atoms with van der Waals surface area (Å²) in [5.41, 5.74) is 1.73. The number of carbonyl (C=O) groups is 1. The van der Waals surface area contributed by atoms with E-state index in [1.807, 2.05) is 42.7 Å². The lowest BCUT2D eigenvalue weighted by Gasteiger charge is -2.06. The van der Waals surface area contributed by atoms with Gasteiger partial charge in [-0.25, -0.2) is 4.98 Å². The number of aryl methyl sites for hydroxylation is 3. The normalized spacial score (nSPS) is 11.8. The Morgan fingerprint density at radius 3 is 2.76 bits per heavy atom. The Morgan fingerprint density at radius 2 is 1.97 bits per heavy atom. The van der Waals surface area contributed by atoms with E-state index in [1.54, 1.807) is 0 Å². The highest BCUT2D eigenvalue weighted by Crippen LogP contribution is 2.39. The molecule has 4 aromatic rings. The summed E-state index contributed by atoms with van der Waals surface area (Å²) < 4.78 is 3.06. The lowest BCUT2D eigenvalue weighted by molar-refractivity contribution is -0.118. The zero-order chi connectivity index (χ0) is 23.5. The van der Waals surface area contributed by atoms with Crippen molar-refractivity contribution in [1.82, 2.24) is 14.1 Å². The number of hydrogen-bond acceptors (Lipinski definition) is 6. The van der Waals surface area contributed by atoms with E-state index >= 15 is 0 Å². The topological polar surface area (TPSA) is 102 Å². The van der Waals surface area contributed by atoms with Crippen LogP contribution in [-0.2, 0) is 17.9 Å². The summed E-state index contributed by atoms with van der Waals surface area (Å²) in [6.45, 7) is 6.37. The molecule has 0 radical (unpaired) electrons. The van der Waals surface area contributed by atoms with Gasteiger partial charge in [0.15, 0.2) is 5.69 Å². The Hall–Kier alpha value is -3.33. The number of amides is 1. The van der Waals surface area contributed by atoms with Crippen molar-refractivity contribution in [3.8, 4) is 5.88 Å². The van der Waals surface area contributed by atoms with Gasteiger partial charge in [-0.1, -0.05) is 44.4 Å². The fraction of sp³-hybridized carbons (Fsp3) is 0.375. The van der Waals surface area contributed by atoms with E-state index < -0.39 is 5.91 Å². The van der Waals surface area contributed by atoms with Crippen LogP contribution in [0.5, 0.6) is 5.88 Å². The van der Waals surface area contributed by atoms with Gasteiger partial charge in [0, 0.05) is 16.8 Å². The number of unbranched alkanes of at least 4 members (excludes halogenated alkanes) is 3. The Balaban J connectivity index is 1.58. The van der Waals surface area contributed by atoms with Crippen LogP contribution >= 0.6 is 11.3 Å². The lowest BCUT2D eigenvalue weighted by Crippen LogP contribution is -2.23. The van der Waals surface area contributed by atoms with Gasteiger partial charge >= 0.3 is 0 Å². The van der Waals surface area contributed by atoms with Crippen molar-refractivity contribution in [1.29, 1.82) is 0 Å². The average molecular weight is 466 g/mol. The van der Waals surface area contributed by atoms with E-state index in [0.717, 1.165) is 47.0 Å². The number of para-hydroxylation sites is 1. The number of carbonyl (C=O) groups excluding carboxylic acids is 1. The van der Waals surface area contributed by atoms with Crippen LogP contribution in [0.15, 0.2) is 45.6 Å². The molecule has 0 aliphatic heterocycles. The quantitative estimate of drug-likeness (QED) is 0.269. The molecule has 1 N–H and O–H groups in total. The van der Waals surface area contributed by atoms with Crippen LogP contribution in [0.4, 0.5) is 5.69 Å². The number of benzene rings is 1.